The predicted octanol–water partition coefficient (Wildman–Crippen LogP) is 6.49. The fourth-order valence-corrected chi connectivity index (χ4v) is 4.76. The van der Waals surface area contributed by atoms with Gasteiger partial charge in [0.1, 0.15) is 0 Å². The third-order valence-electron chi connectivity index (χ3n) is 5.85. The zero-order valence-corrected chi connectivity index (χ0v) is 16.3. The summed E-state index contributed by atoms with van der Waals surface area (Å²) in [5, 5.41) is 7.90. The van der Waals surface area contributed by atoms with Gasteiger partial charge in [0.15, 0.2) is 0 Å². The van der Waals surface area contributed by atoms with Crippen LogP contribution in [0.3, 0.4) is 0 Å². The number of hydrogen-bond acceptors (Lipinski definition) is 2. The number of benzene rings is 2. The second kappa shape index (κ2) is 6.51. The fraction of sp³-hybridized carbons (Fsp3) is 0.304. The molecule has 0 saturated heterocycles. The van der Waals surface area contributed by atoms with E-state index in [1.807, 2.05) is 12.3 Å². The van der Waals surface area contributed by atoms with Crippen molar-refractivity contribution in [2.75, 3.05) is 5.32 Å². The summed E-state index contributed by atoms with van der Waals surface area (Å²) >= 11 is 6.42. The molecule has 26 heavy (non-hydrogen) atoms. The van der Waals surface area contributed by atoms with Crippen molar-refractivity contribution < 1.29 is 0 Å². The van der Waals surface area contributed by atoms with Gasteiger partial charge in [-0.05, 0) is 60.1 Å². The number of hydrogen-bond donors (Lipinski definition) is 2. The summed E-state index contributed by atoms with van der Waals surface area (Å²) in [6.45, 7) is 10.9. The van der Waals surface area contributed by atoms with E-state index in [0.717, 1.165) is 28.4 Å². The van der Waals surface area contributed by atoms with Gasteiger partial charge in [0.05, 0.1) is 6.04 Å². The second-order valence-electron chi connectivity index (χ2n) is 7.63. The van der Waals surface area contributed by atoms with E-state index in [0.29, 0.717) is 11.8 Å². The van der Waals surface area contributed by atoms with Gasteiger partial charge >= 0.3 is 0 Å². The first kappa shape index (κ1) is 17.2. The van der Waals surface area contributed by atoms with Gasteiger partial charge in [-0.3, -0.25) is 0 Å². The number of fused-ring (bicyclic) bond motifs is 2. The number of halogens is 1. The summed E-state index contributed by atoms with van der Waals surface area (Å²) in [5.74, 6) is 1.08. The molecular weight excluding hydrogens is 340 g/mol. The Morgan fingerprint density at radius 3 is 2.81 bits per heavy atom. The zero-order chi connectivity index (χ0) is 18.4. The normalized spacial score (nSPS) is 23.8. The van der Waals surface area contributed by atoms with Gasteiger partial charge in [0.25, 0.3) is 0 Å². The maximum atomic E-state index is 6.42. The van der Waals surface area contributed by atoms with Crippen LogP contribution < -0.4 is 10.6 Å². The van der Waals surface area contributed by atoms with Crippen LogP contribution in [0.5, 0.6) is 0 Å². The van der Waals surface area contributed by atoms with Gasteiger partial charge in [-0.1, -0.05) is 50.2 Å². The maximum absolute atomic E-state index is 6.42. The van der Waals surface area contributed by atoms with Crippen molar-refractivity contribution in [3.05, 3.63) is 76.0 Å². The molecule has 1 heterocycles. The van der Waals surface area contributed by atoms with Crippen LogP contribution in [-0.2, 0) is 0 Å². The van der Waals surface area contributed by atoms with Gasteiger partial charge in [-0.2, -0.15) is 0 Å². The Bertz CT molecular complexity index is 913. The van der Waals surface area contributed by atoms with Crippen LogP contribution in [0.15, 0.2) is 43.1 Å². The van der Waals surface area contributed by atoms with Crippen molar-refractivity contribution >= 4 is 29.1 Å². The van der Waals surface area contributed by atoms with Gasteiger partial charge in [-0.15, -0.1) is 0 Å². The summed E-state index contributed by atoms with van der Waals surface area (Å²) in [7, 11) is 0. The molecule has 134 valence electrons. The fourth-order valence-electron chi connectivity index (χ4n) is 4.59. The highest BCUT2D eigenvalue weighted by atomic mass is 35.5. The largest absolute Gasteiger partial charge is 0.377 e. The molecule has 3 atom stereocenters. The second-order valence-corrected chi connectivity index (χ2v) is 8.04. The van der Waals surface area contributed by atoms with Crippen molar-refractivity contribution in [1.29, 1.82) is 0 Å². The van der Waals surface area contributed by atoms with E-state index >= 15 is 0 Å². The van der Waals surface area contributed by atoms with Crippen molar-refractivity contribution in [3.63, 3.8) is 0 Å². The molecule has 2 nitrogen and oxygen atoms in total. The molecule has 1 aliphatic carbocycles. The average Bonchev–Trinajstić information content (AvgIpc) is 2.61. The van der Waals surface area contributed by atoms with Crippen molar-refractivity contribution in [3.8, 4) is 0 Å². The Hall–Kier alpha value is -2.19. The minimum atomic E-state index is 0.278. The summed E-state index contributed by atoms with van der Waals surface area (Å²) in [5.41, 5.74) is 8.48. The van der Waals surface area contributed by atoms with E-state index in [2.05, 4.69) is 68.3 Å². The van der Waals surface area contributed by atoms with Crippen LogP contribution in [0.2, 0.25) is 5.02 Å². The van der Waals surface area contributed by atoms with E-state index in [1.54, 1.807) is 0 Å². The molecule has 3 unspecified atom stereocenters. The Morgan fingerprint density at radius 1 is 1.19 bits per heavy atom. The topological polar surface area (TPSA) is 24.1 Å². The first-order chi connectivity index (χ1) is 12.5. The van der Waals surface area contributed by atoms with E-state index in [1.165, 1.54) is 22.3 Å². The lowest BCUT2D eigenvalue weighted by Gasteiger charge is -2.38. The van der Waals surface area contributed by atoms with Crippen molar-refractivity contribution in [2.45, 2.75) is 39.2 Å². The monoisotopic (exact) mass is 364 g/mol. The molecule has 2 N–H and O–H groups in total. The average molecular weight is 365 g/mol. The first-order valence-corrected chi connectivity index (χ1v) is 9.66. The highest BCUT2D eigenvalue weighted by molar-refractivity contribution is 6.31. The molecule has 3 heteroatoms. The van der Waals surface area contributed by atoms with Crippen LogP contribution in [0.4, 0.5) is 5.69 Å². The van der Waals surface area contributed by atoms with Gasteiger partial charge in [0.2, 0.25) is 0 Å². The number of anilines is 1. The third-order valence-corrected chi connectivity index (χ3v) is 6.26. The molecule has 0 radical (unpaired) electrons. The number of rotatable bonds is 2. The third kappa shape index (κ3) is 2.73. The minimum Gasteiger partial charge on any atom is -0.377 e. The molecule has 2 aromatic rings. The van der Waals surface area contributed by atoms with Gasteiger partial charge in [0, 0.05) is 33.7 Å². The lowest BCUT2D eigenvalue weighted by atomic mass is 9.73. The van der Waals surface area contributed by atoms with Crippen LogP contribution >= 0.6 is 11.6 Å². The Labute approximate surface area is 161 Å². The Morgan fingerprint density at radius 2 is 2.00 bits per heavy atom. The molecule has 0 fully saturated rings. The van der Waals surface area contributed by atoms with E-state index < -0.39 is 0 Å². The SMILES string of the molecule is C=C1NC=Cc2c(NC3c4ccc(Cl)c(C)c4C(C)CC3C)cccc21. The lowest BCUT2D eigenvalue weighted by molar-refractivity contribution is 0.395. The quantitative estimate of drug-likeness (QED) is 0.636. The van der Waals surface area contributed by atoms with E-state index in [-0.39, 0.29) is 6.04 Å². The standard InChI is InChI=1S/C23H25ClN2/c1-13-12-14(2)23(19-8-9-20(24)15(3)22(13)19)26-21-7-5-6-17-16(4)25-11-10-18(17)21/h5-11,13-14,23,25-26H,4,12H2,1-3H3. The van der Waals surface area contributed by atoms with E-state index in [4.69, 9.17) is 11.6 Å². The smallest absolute Gasteiger partial charge is 0.0542 e. The van der Waals surface area contributed by atoms with Crippen molar-refractivity contribution in [1.82, 2.24) is 5.32 Å². The van der Waals surface area contributed by atoms with Crippen LogP contribution in [0, 0.1) is 12.8 Å². The highest BCUT2D eigenvalue weighted by Gasteiger charge is 2.32. The molecule has 4 rings (SSSR count). The molecule has 0 spiro atoms. The summed E-state index contributed by atoms with van der Waals surface area (Å²) in [4.78, 5) is 0. The maximum Gasteiger partial charge on any atom is 0.0542 e. The van der Waals surface area contributed by atoms with Crippen LogP contribution in [-0.4, -0.2) is 0 Å². The Kier molecular flexibility index (Phi) is 4.32. The molecule has 0 aromatic heterocycles. The Balaban J connectivity index is 1.78. The molecule has 0 amide bonds. The molecular formula is C23H25ClN2. The first-order valence-electron chi connectivity index (χ1n) is 9.28. The molecule has 2 aliphatic rings. The minimum absolute atomic E-state index is 0.278. The molecule has 0 bridgehead atoms. The van der Waals surface area contributed by atoms with Gasteiger partial charge < -0.3 is 10.6 Å². The molecule has 0 saturated carbocycles. The van der Waals surface area contributed by atoms with Crippen molar-refractivity contribution in [2.24, 2.45) is 5.92 Å². The highest BCUT2D eigenvalue weighted by Crippen LogP contribution is 2.46. The van der Waals surface area contributed by atoms with Crippen LogP contribution in [0.1, 0.15) is 60.0 Å². The summed E-state index contributed by atoms with van der Waals surface area (Å²) < 4.78 is 0. The lowest BCUT2D eigenvalue weighted by Crippen LogP contribution is -2.27. The molecule has 1 aliphatic heterocycles. The van der Waals surface area contributed by atoms with Crippen LogP contribution in [0.25, 0.3) is 11.8 Å². The number of nitrogens with one attached hydrogen (secondary N) is 2. The summed E-state index contributed by atoms with van der Waals surface area (Å²) in [6, 6.07) is 10.9. The molecule has 2 aromatic carbocycles. The van der Waals surface area contributed by atoms with E-state index in [9.17, 15) is 0 Å². The summed E-state index contributed by atoms with van der Waals surface area (Å²) in [6.07, 6.45) is 5.24. The predicted molar refractivity (Wildman–Crippen MR) is 112 cm³/mol. The van der Waals surface area contributed by atoms with Gasteiger partial charge in [-0.25, -0.2) is 0 Å². The zero-order valence-electron chi connectivity index (χ0n) is 15.6.